The predicted molar refractivity (Wildman–Crippen MR) is 72.3 cm³/mol. The summed E-state index contributed by atoms with van der Waals surface area (Å²) in [7, 11) is 0. The fourth-order valence-electron chi connectivity index (χ4n) is 1.54. The van der Waals surface area contributed by atoms with Gasteiger partial charge in [0, 0.05) is 9.35 Å². The molecular formula is C13H13BrOS. The van der Waals surface area contributed by atoms with Gasteiger partial charge in [0.25, 0.3) is 0 Å². The first-order chi connectivity index (χ1) is 7.66. The van der Waals surface area contributed by atoms with E-state index in [1.165, 1.54) is 16.0 Å². The molecule has 16 heavy (non-hydrogen) atoms. The van der Waals surface area contributed by atoms with Crippen molar-refractivity contribution >= 4 is 27.3 Å². The number of aryl methyl sites for hydroxylation is 2. The van der Waals surface area contributed by atoms with Gasteiger partial charge >= 0.3 is 0 Å². The number of hydrogen-bond acceptors (Lipinski definition) is 2. The highest BCUT2D eigenvalue weighted by atomic mass is 79.9. The van der Waals surface area contributed by atoms with Gasteiger partial charge in [0.15, 0.2) is 0 Å². The third kappa shape index (κ3) is 2.66. The largest absolute Gasteiger partial charge is 0.488 e. The lowest BCUT2D eigenvalue weighted by atomic mass is 10.1. The molecule has 84 valence electrons. The molecule has 0 N–H and O–H groups in total. The molecule has 0 aliphatic carbocycles. The summed E-state index contributed by atoms with van der Waals surface area (Å²) in [6.45, 7) is 4.81. The average Bonchev–Trinajstić information content (AvgIpc) is 2.75. The molecule has 1 aromatic heterocycles. The zero-order chi connectivity index (χ0) is 11.5. The van der Waals surface area contributed by atoms with Crippen LogP contribution in [0.25, 0.3) is 0 Å². The maximum atomic E-state index is 5.76. The molecule has 2 aromatic rings. The Balaban J connectivity index is 2.10. The van der Waals surface area contributed by atoms with E-state index in [2.05, 4.69) is 53.4 Å². The van der Waals surface area contributed by atoms with Gasteiger partial charge in [0.05, 0.1) is 0 Å². The van der Waals surface area contributed by atoms with Crippen molar-refractivity contribution in [3.05, 3.63) is 50.1 Å². The van der Waals surface area contributed by atoms with Crippen molar-refractivity contribution in [1.29, 1.82) is 0 Å². The lowest BCUT2D eigenvalue weighted by Gasteiger charge is -2.09. The molecule has 0 bridgehead atoms. The highest BCUT2D eigenvalue weighted by Gasteiger charge is 2.03. The monoisotopic (exact) mass is 296 g/mol. The summed E-state index contributed by atoms with van der Waals surface area (Å²) in [5.41, 5.74) is 2.42. The minimum atomic E-state index is 0.651. The van der Waals surface area contributed by atoms with Gasteiger partial charge in [0.2, 0.25) is 0 Å². The molecule has 0 amide bonds. The van der Waals surface area contributed by atoms with Gasteiger partial charge in [-0.2, -0.15) is 0 Å². The Hall–Kier alpha value is -0.800. The first-order valence-corrected chi connectivity index (χ1v) is 6.76. The molecule has 1 aromatic carbocycles. The van der Waals surface area contributed by atoms with Gasteiger partial charge in [-0.05, 0) is 48.6 Å². The smallest absolute Gasteiger partial charge is 0.122 e. The van der Waals surface area contributed by atoms with Crippen molar-refractivity contribution in [3.8, 4) is 5.75 Å². The lowest BCUT2D eigenvalue weighted by molar-refractivity contribution is 0.309. The molecule has 3 heteroatoms. The molecule has 0 spiro atoms. The van der Waals surface area contributed by atoms with E-state index in [-0.39, 0.29) is 0 Å². The van der Waals surface area contributed by atoms with E-state index in [1.807, 2.05) is 6.07 Å². The number of halogens is 1. The first kappa shape index (κ1) is 11.7. The van der Waals surface area contributed by atoms with Crippen LogP contribution in [0.3, 0.4) is 0 Å². The van der Waals surface area contributed by atoms with E-state index < -0.39 is 0 Å². The van der Waals surface area contributed by atoms with Crippen LogP contribution in [-0.2, 0) is 6.61 Å². The van der Waals surface area contributed by atoms with Gasteiger partial charge in [0.1, 0.15) is 12.4 Å². The van der Waals surface area contributed by atoms with Gasteiger partial charge in [-0.3, -0.25) is 0 Å². The maximum absolute atomic E-state index is 5.76. The minimum Gasteiger partial charge on any atom is -0.488 e. The first-order valence-electron chi connectivity index (χ1n) is 5.09. The highest BCUT2D eigenvalue weighted by molar-refractivity contribution is 9.10. The SMILES string of the molecule is Cc1cc(OCc2cccs2)cc(C)c1Br. The number of benzene rings is 1. The Morgan fingerprint density at radius 1 is 1.25 bits per heavy atom. The second-order valence-corrected chi connectivity index (χ2v) is 5.56. The average molecular weight is 297 g/mol. The van der Waals surface area contributed by atoms with Crippen molar-refractivity contribution in [2.45, 2.75) is 20.5 Å². The summed E-state index contributed by atoms with van der Waals surface area (Å²) < 4.78 is 6.92. The normalized spacial score (nSPS) is 10.4. The summed E-state index contributed by atoms with van der Waals surface area (Å²) in [5, 5.41) is 2.07. The van der Waals surface area contributed by atoms with Crippen LogP contribution in [0.2, 0.25) is 0 Å². The Kier molecular flexibility index (Phi) is 3.66. The molecule has 0 fully saturated rings. The van der Waals surface area contributed by atoms with Crippen LogP contribution >= 0.6 is 27.3 Å². The highest BCUT2D eigenvalue weighted by Crippen LogP contribution is 2.27. The molecule has 0 saturated carbocycles. The molecule has 0 atom stereocenters. The van der Waals surface area contributed by atoms with E-state index in [0.717, 1.165) is 10.2 Å². The summed E-state index contributed by atoms with van der Waals surface area (Å²) in [5.74, 6) is 0.937. The summed E-state index contributed by atoms with van der Waals surface area (Å²) in [6.07, 6.45) is 0. The molecule has 2 rings (SSSR count). The van der Waals surface area contributed by atoms with E-state index >= 15 is 0 Å². The number of ether oxygens (including phenoxy) is 1. The van der Waals surface area contributed by atoms with Crippen molar-refractivity contribution < 1.29 is 4.74 Å². The Morgan fingerprint density at radius 2 is 1.94 bits per heavy atom. The third-order valence-corrected chi connectivity index (χ3v) is 4.47. The fraction of sp³-hybridized carbons (Fsp3) is 0.231. The third-order valence-electron chi connectivity index (χ3n) is 2.37. The molecule has 0 aliphatic rings. The van der Waals surface area contributed by atoms with Crippen LogP contribution in [0.5, 0.6) is 5.75 Å². The number of hydrogen-bond donors (Lipinski definition) is 0. The van der Waals surface area contributed by atoms with Crippen LogP contribution in [-0.4, -0.2) is 0 Å². The topological polar surface area (TPSA) is 9.23 Å². The summed E-state index contributed by atoms with van der Waals surface area (Å²) >= 11 is 5.27. The summed E-state index contributed by atoms with van der Waals surface area (Å²) in [4.78, 5) is 1.25. The van der Waals surface area contributed by atoms with Crippen LogP contribution < -0.4 is 4.74 Å². The van der Waals surface area contributed by atoms with Gasteiger partial charge in [-0.1, -0.05) is 22.0 Å². The molecule has 1 nitrogen and oxygen atoms in total. The standard InChI is InChI=1S/C13H13BrOS/c1-9-6-11(7-10(2)13(9)14)15-8-12-4-3-5-16-12/h3-7H,8H2,1-2H3. The molecule has 0 radical (unpaired) electrons. The van der Waals surface area contributed by atoms with E-state index in [1.54, 1.807) is 11.3 Å². The maximum Gasteiger partial charge on any atom is 0.122 e. The van der Waals surface area contributed by atoms with Crippen LogP contribution in [0.1, 0.15) is 16.0 Å². The summed E-state index contributed by atoms with van der Waals surface area (Å²) in [6, 6.07) is 8.25. The van der Waals surface area contributed by atoms with Gasteiger partial charge in [-0.15, -0.1) is 11.3 Å². The van der Waals surface area contributed by atoms with Crippen LogP contribution in [0.15, 0.2) is 34.1 Å². The fourth-order valence-corrected chi connectivity index (χ4v) is 2.38. The van der Waals surface area contributed by atoms with Gasteiger partial charge < -0.3 is 4.74 Å². The zero-order valence-corrected chi connectivity index (χ0v) is 11.7. The van der Waals surface area contributed by atoms with E-state index in [0.29, 0.717) is 6.61 Å². The van der Waals surface area contributed by atoms with Gasteiger partial charge in [-0.25, -0.2) is 0 Å². The lowest BCUT2D eigenvalue weighted by Crippen LogP contribution is -1.94. The van der Waals surface area contributed by atoms with Crippen LogP contribution in [0.4, 0.5) is 0 Å². The molecular weight excluding hydrogens is 284 g/mol. The van der Waals surface area contributed by atoms with E-state index in [4.69, 9.17) is 4.74 Å². The Morgan fingerprint density at radius 3 is 2.50 bits per heavy atom. The van der Waals surface area contributed by atoms with Crippen molar-refractivity contribution in [1.82, 2.24) is 0 Å². The second kappa shape index (κ2) is 5.02. The number of thiophene rings is 1. The molecule has 0 unspecified atom stereocenters. The van der Waals surface area contributed by atoms with Crippen molar-refractivity contribution in [2.75, 3.05) is 0 Å². The zero-order valence-electron chi connectivity index (χ0n) is 9.29. The minimum absolute atomic E-state index is 0.651. The van der Waals surface area contributed by atoms with E-state index in [9.17, 15) is 0 Å². The molecule has 0 aliphatic heterocycles. The van der Waals surface area contributed by atoms with Crippen molar-refractivity contribution in [2.24, 2.45) is 0 Å². The quantitative estimate of drug-likeness (QED) is 0.797. The Labute approximate surface area is 108 Å². The second-order valence-electron chi connectivity index (χ2n) is 3.74. The van der Waals surface area contributed by atoms with Crippen LogP contribution in [0, 0.1) is 13.8 Å². The predicted octanol–water partition coefficient (Wildman–Crippen LogP) is 4.71. The molecule has 1 heterocycles. The number of rotatable bonds is 3. The Bertz CT molecular complexity index is 454. The van der Waals surface area contributed by atoms with Crippen molar-refractivity contribution in [3.63, 3.8) is 0 Å². The molecule has 0 saturated heterocycles.